The molecule has 5 nitrogen and oxygen atoms in total. The van der Waals surface area contributed by atoms with Gasteiger partial charge in [-0.15, -0.1) is 0 Å². The van der Waals surface area contributed by atoms with Gasteiger partial charge >= 0.3 is 5.97 Å². The van der Waals surface area contributed by atoms with E-state index < -0.39 is 12.0 Å². The lowest BCUT2D eigenvalue weighted by Crippen LogP contribution is -2.39. The molecule has 0 saturated carbocycles. The van der Waals surface area contributed by atoms with Crippen LogP contribution in [0, 0.1) is 0 Å². The molecule has 3 aromatic rings. The Morgan fingerprint density at radius 1 is 1.19 bits per heavy atom. The highest BCUT2D eigenvalue weighted by Crippen LogP contribution is 2.30. The van der Waals surface area contributed by atoms with Gasteiger partial charge in [-0.05, 0) is 43.2 Å². The van der Waals surface area contributed by atoms with E-state index in [1.807, 2.05) is 30.3 Å². The van der Waals surface area contributed by atoms with Crippen molar-refractivity contribution < 1.29 is 9.53 Å². The van der Waals surface area contributed by atoms with E-state index in [4.69, 9.17) is 27.9 Å². The molecule has 0 spiro atoms. The normalized spacial score (nSPS) is 16.1. The van der Waals surface area contributed by atoms with Crippen molar-refractivity contribution in [2.24, 2.45) is 4.99 Å². The Hall–Kier alpha value is -2.67. The minimum Gasteiger partial charge on any atom is -0.463 e. The molecule has 0 N–H and O–H groups in total. The van der Waals surface area contributed by atoms with Gasteiger partial charge in [-0.2, -0.15) is 0 Å². The topological polar surface area (TPSA) is 60.7 Å². The largest absolute Gasteiger partial charge is 0.463 e. The monoisotopic (exact) mass is 472 g/mol. The summed E-state index contributed by atoms with van der Waals surface area (Å²) in [6, 6.07) is 14.0. The predicted molar refractivity (Wildman–Crippen MR) is 123 cm³/mol. The zero-order valence-electron chi connectivity index (χ0n) is 16.8. The predicted octanol–water partition coefficient (Wildman–Crippen LogP) is 4.11. The van der Waals surface area contributed by atoms with Crippen LogP contribution < -0.4 is 14.9 Å². The standard InChI is InChI=1S/C23H18Cl2N2O3S/c1-3-30-22(29)19-13(2)26-23-27(20(19)15-7-5-4-6-8-15)21(28)18(31-23)12-14-9-10-16(24)17(25)11-14/h4-12,20H,3H2,1-2H3/b18-12+/t20-/m1/s1. The molecule has 0 saturated heterocycles. The lowest BCUT2D eigenvalue weighted by Gasteiger charge is -2.24. The highest BCUT2D eigenvalue weighted by atomic mass is 35.5. The second kappa shape index (κ2) is 8.83. The van der Waals surface area contributed by atoms with Gasteiger partial charge in [-0.25, -0.2) is 9.79 Å². The van der Waals surface area contributed by atoms with Crippen LogP contribution in [0.4, 0.5) is 0 Å². The Kier molecular flexibility index (Phi) is 6.14. The number of esters is 1. The number of aromatic nitrogens is 1. The van der Waals surface area contributed by atoms with Crippen molar-refractivity contribution in [1.82, 2.24) is 4.57 Å². The molecule has 158 valence electrons. The number of ether oxygens (including phenoxy) is 1. The third-order valence-corrected chi connectivity index (χ3v) is 6.60. The number of fused-ring (bicyclic) bond motifs is 1. The maximum Gasteiger partial charge on any atom is 0.338 e. The van der Waals surface area contributed by atoms with Crippen molar-refractivity contribution in [2.45, 2.75) is 19.9 Å². The van der Waals surface area contributed by atoms with E-state index in [0.29, 0.717) is 30.6 Å². The molecule has 0 fully saturated rings. The first-order valence-electron chi connectivity index (χ1n) is 9.60. The fraction of sp³-hybridized carbons (Fsp3) is 0.174. The second-order valence-electron chi connectivity index (χ2n) is 6.89. The third-order valence-electron chi connectivity index (χ3n) is 4.87. The van der Waals surface area contributed by atoms with Crippen LogP contribution >= 0.6 is 34.5 Å². The van der Waals surface area contributed by atoms with Gasteiger partial charge in [0.2, 0.25) is 0 Å². The number of nitrogens with zero attached hydrogens (tertiary/aromatic N) is 2. The van der Waals surface area contributed by atoms with Gasteiger partial charge in [0, 0.05) is 0 Å². The molecule has 1 aliphatic heterocycles. The maximum atomic E-state index is 13.4. The Labute approximate surface area is 192 Å². The van der Waals surface area contributed by atoms with Crippen LogP contribution in [-0.4, -0.2) is 17.1 Å². The van der Waals surface area contributed by atoms with Crippen LogP contribution in [0.25, 0.3) is 6.08 Å². The van der Waals surface area contributed by atoms with Crippen molar-refractivity contribution >= 4 is 46.6 Å². The smallest absolute Gasteiger partial charge is 0.338 e. The number of halogens is 2. The number of carbonyl (C=O) groups is 1. The molecular formula is C23H18Cl2N2O3S. The summed E-state index contributed by atoms with van der Waals surface area (Å²) in [7, 11) is 0. The maximum absolute atomic E-state index is 13.4. The van der Waals surface area contributed by atoms with Gasteiger partial charge in [0.15, 0.2) is 4.80 Å². The third kappa shape index (κ3) is 4.11. The zero-order valence-corrected chi connectivity index (χ0v) is 19.1. The molecule has 31 heavy (non-hydrogen) atoms. The first-order valence-corrected chi connectivity index (χ1v) is 11.2. The molecule has 0 radical (unpaired) electrons. The molecule has 2 aromatic carbocycles. The number of benzene rings is 2. The highest BCUT2D eigenvalue weighted by Gasteiger charge is 2.33. The van der Waals surface area contributed by atoms with E-state index in [-0.39, 0.29) is 12.2 Å². The van der Waals surface area contributed by atoms with Crippen LogP contribution in [0.2, 0.25) is 10.0 Å². The lowest BCUT2D eigenvalue weighted by molar-refractivity contribution is -0.139. The van der Waals surface area contributed by atoms with E-state index in [1.54, 1.807) is 42.7 Å². The van der Waals surface area contributed by atoms with Crippen molar-refractivity contribution in [3.05, 3.63) is 101 Å². The van der Waals surface area contributed by atoms with Gasteiger partial charge < -0.3 is 4.74 Å². The first-order chi connectivity index (χ1) is 14.9. The van der Waals surface area contributed by atoms with Gasteiger partial charge in [-0.1, -0.05) is 70.9 Å². The summed E-state index contributed by atoms with van der Waals surface area (Å²) in [5.74, 6) is -0.476. The molecule has 4 rings (SSSR count). The molecule has 0 bridgehead atoms. The highest BCUT2D eigenvalue weighted by molar-refractivity contribution is 7.07. The molecule has 1 atom stereocenters. The average Bonchev–Trinajstić information content (AvgIpc) is 3.05. The first kappa shape index (κ1) is 21.6. The van der Waals surface area contributed by atoms with E-state index in [1.165, 1.54) is 11.3 Å². The number of hydrogen-bond donors (Lipinski definition) is 0. The summed E-state index contributed by atoms with van der Waals surface area (Å²) in [5, 5.41) is 0.852. The molecule has 0 amide bonds. The molecule has 0 aliphatic carbocycles. The van der Waals surface area contributed by atoms with Crippen LogP contribution in [0.1, 0.15) is 31.0 Å². The minimum atomic E-state index is -0.618. The van der Waals surface area contributed by atoms with Gasteiger partial charge in [0.25, 0.3) is 5.56 Å². The van der Waals surface area contributed by atoms with Crippen molar-refractivity contribution in [2.75, 3.05) is 6.61 Å². The summed E-state index contributed by atoms with van der Waals surface area (Å²) in [6.45, 7) is 3.74. The molecular weight excluding hydrogens is 455 g/mol. The summed E-state index contributed by atoms with van der Waals surface area (Å²) in [6.07, 6.45) is 1.75. The van der Waals surface area contributed by atoms with Crippen molar-refractivity contribution in [3.63, 3.8) is 0 Å². The lowest BCUT2D eigenvalue weighted by atomic mass is 9.96. The second-order valence-corrected chi connectivity index (χ2v) is 8.71. The number of rotatable bonds is 4. The van der Waals surface area contributed by atoms with Crippen molar-refractivity contribution in [1.29, 1.82) is 0 Å². The Balaban J connectivity index is 1.95. The van der Waals surface area contributed by atoms with Gasteiger partial charge in [-0.3, -0.25) is 9.36 Å². The van der Waals surface area contributed by atoms with E-state index >= 15 is 0 Å². The van der Waals surface area contributed by atoms with Crippen LogP contribution in [0.3, 0.4) is 0 Å². The fourth-order valence-corrected chi connectivity index (χ4v) is 4.85. The SMILES string of the molecule is CCOC(=O)C1=C(C)N=c2s/c(=C/c3ccc(Cl)c(Cl)c3)c(=O)n2[C@@H]1c1ccccc1. The molecule has 8 heteroatoms. The summed E-state index contributed by atoms with van der Waals surface area (Å²) >= 11 is 13.4. The molecule has 0 unspecified atom stereocenters. The fourth-order valence-electron chi connectivity index (χ4n) is 3.50. The Bertz CT molecular complexity index is 1370. The summed E-state index contributed by atoms with van der Waals surface area (Å²) in [5.41, 5.74) is 2.22. The van der Waals surface area contributed by atoms with Gasteiger partial charge in [0.1, 0.15) is 0 Å². The molecule has 1 aromatic heterocycles. The average molecular weight is 473 g/mol. The summed E-state index contributed by atoms with van der Waals surface area (Å²) in [4.78, 5) is 31.3. The van der Waals surface area contributed by atoms with Crippen LogP contribution in [0.5, 0.6) is 0 Å². The summed E-state index contributed by atoms with van der Waals surface area (Å²) < 4.78 is 7.32. The number of carbonyl (C=O) groups excluding carboxylic acids is 1. The quantitative estimate of drug-likeness (QED) is 0.536. The van der Waals surface area contributed by atoms with E-state index in [9.17, 15) is 9.59 Å². The molecule has 2 heterocycles. The number of thiazole rings is 1. The molecule has 1 aliphatic rings. The zero-order chi connectivity index (χ0) is 22.1. The Morgan fingerprint density at radius 3 is 2.61 bits per heavy atom. The van der Waals surface area contributed by atoms with Crippen LogP contribution in [-0.2, 0) is 9.53 Å². The van der Waals surface area contributed by atoms with Gasteiger partial charge in [0.05, 0.1) is 38.5 Å². The van der Waals surface area contributed by atoms with E-state index in [0.717, 1.165) is 11.1 Å². The van der Waals surface area contributed by atoms with E-state index in [2.05, 4.69) is 4.99 Å². The number of allylic oxidation sites excluding steroid dienone is 1. The minimum absolute atomic E-state index is 0.235. The van der Waals surface area contributed by atoms with Crippen molar-refractivity contribution in [3.8, 4) is 0 Å². The Morgan fingerprint density at radius 2 is 1.94 bits per heavy atom. The number of hydrogen-bond acceptors (Lipinski definition) is 5. The van der Waals surface area contributed by atoms with Crippen LogP contribution in [0.15, 0.2) is 69.6 Å².